The first kappa shape index (κ1) is 109. The van der Waals surface area contributed by atoms with Crippen molar-refractivity contribution in [2.45, 2.75) is 293 Å². The van der Waals surface area contributed by atoms with Gasteiger partial charge in [0.2, 0.25) is 35.4 Å². The lowest BCUT2D eigenvalue weighted by molar-refractivity contribution is -0.138. The molecule has 0 radical (unpaired) electrons. The Morgan fingerprint density at radius 2 is 0.484 bits per heavy atom. The van der Waals surface area contributed by atoms with E-state index in [1.807, 2.05) is 237 Å². The largest absolute Gasteiger partial charge is 0.481 e. The van der Waals surface area contributed by atoms with Crippen molar-refractivity contribution in [3.63, 3.8) is 0 Å². The second-order valence-electron chi connectivity index (χ2n) is 30.5. The van der Waals surface area contributed by atoms with Gasteiger partial charge in [-0.15, -0.1) is 0 Å². The molecule has 6 amide bonds. The predicted molar refractivity (Wildman–Crippen MR) is 489 cm³/mol. The standard InChI is InChI=1S/4C17H25NO3.C16H23NO3.C14H19NO3/c1-14(2)18(15-10-6-5-7-11-15)16(19)12-8-3-4-9-13-17(20)21;1-14-10-8-9-11-15(14)18(2)16(19)12-6-4-3-5-7-13-17(20)21;1-14-10-12-15(13-11-14)18(2)16(19)8-6-4-3-5-7-9-17(20)21;1-3-18(15-11-9-8-10-14(15)2)16(19)12-6-4-5-7-13-17(20)21;1-3-17(14-10-8-7-9-13(14)2)15(18)11-5-4-6-12-16(19)20;1-2-15(12-8-4-3-5-9-12)13(16)10-6-7-11-14(17)18/h5-7,10-11,14H,3-4,8-9,12-13H2,1-2H3,(H,20,21);8-11H,3-7,12-13H2,1-2H3,(H,20,21);10-13H,3-9H2,1-2H3,(H,20,21);8-11H,3-7,12-13H2,1-2H3,(H,20,21);7-10H,3-6,11-12H2,1-2H3,(H,19,20);3-5,8-9H,2,6-7,10-11H2,1H3,(H,17,18). The van der Waals surface area contributed by atoms with E-state index in [9.17, 15) is 57.5 Å². The van der Waals surface area contributed by atoms with E-state index in [1.165, 1.54) is 5.56 Å². The van der Waals surface area contributed by atoms with E-state index < -0.39 is 35.8 Å². The number of benzene rings is 6. The number of amides is 6. The van der Waals surface area contributed by atoms with Crippen molar-refractivity contribution in [2.75, 3.05) is 63.1 Å². The summed E-state index contributed by atoms with van der Waals surface area (Å²) in [6.07, 6.45) is 23.1. The zero-order valence-electron chi connectivity index (χ0n) is 74.7. The second kappa shape index (κ2) is 66.6. The second-order valence-corrected chi connectivity index (χ2v) is 30.5. The minimum absolute atomic E-state index is 0.0501. The number of aliphatic carboxylic acids is 6. The van der Waals surface area contributed by atoms with Crippen molar-refractivity contribution in [3.05, 3.63) is 180 Å². The summed E-state index contributed by atoms with van der Waals surface area (Å²) in [5.41, 5.74) is 10.1. The zero-order valence-corrected chi connectivity index (χ0v) is 74.7. The number of carboxylic acids is 6. The van der Waals surface area contributed by atoms with E-state index in [1.54, 1.807) is 26.6 Å². The fraction of sp³-hybridized carbons (Fsp3) is 0.510. The van der Waals surface area contributed by atoms with Gasteiger partial charge in [-0.2, -0.15) is 0 Å². The molecule has 6 N–H and O–H groups in total. The van der Waals surface area contributed by atoms with Gasteiger partial charge in [0, 0.05) is 151 Å². The van der Waals surface area contributed by atoms with Crippen LogP contribution in [0.5, 0.6) is 0 Å². The quantitative estimate of drug-likeness (QED) is 0.0193. The number of aryl methyl sites for hydroxylation is 4. The van der Waals surface area contributed by atoms with Crippen molar-refractivity contribution in [1.82, 2.24) is 0 Å². The van der Waals surface area contributed by atoms with Crippen LogP contribution in [0, 0.1) is 27.7 Å². The Labute approximate surface area is 726 Å². The minimum Gasteiger partial charge on any atom is -0.481 e. The van der Waals surface area contributed by atoms with Crippen LogP contribution in [-0.2, 0) is 57.5 Å². The van der Waals surface area contributed by atoms with Crippen LogP contribution in [0.25, 0.3) is 0 Å². The highest BCUT2D eigenvalue weighted by Gasteiger charge is 2.21. The molecule has 672 valence electrons. The summed E-state index contributed by atoms with van der Waals surface area (Å²) in [6.45, 7) is 19.9. The third-order valence-corrected chi connectivity index (χ3v) is 20.1. The van der Waals surface area contributed by atoms with Crippen LogP contribution >= 0.6 is 0 Å². The van der Waals surface area contributed by atoms with Crippen LogP contribution in [-0.4, -0.2) is 142 Å². The van der Waals surface area contributed by atoms with Crippen LogP contribution in [0.4, 0.5) is 34.1 Å². The Hall–Kier alpha value is -11.0. The van der Waals surface area contributed by atoms with Gasteiger partial charge in [0.25, 0.3) is 0 Å². The Kier molecular flexibility index (Phi) is 59.5. The Bertz CT molecular complexity index is 4000. The van der Waals surface area contributed by atoms with E-state index in [0.717, 1.165) is 166 Å². The number of nitrogens with zero attached hydrogens (tertiary/aromatic N) is 6. The van der Waals surface area contributed by atoms with Gasteiger partial charge in [0.15, 0.2) is 0 Å². The average molecular weight is 1690 g/mol. The Morgan fingerprint density at radius 1 is 0.246 bits per heavy atom. The molecule has 0 aliphatic heterocycles. The maximum Gasteiger partial charge on any atom is 0.303 e. The maximum absolute atomic E-state index is 12.4. The van der Waals surface area contributed by atoms with Gasteiger partial charge >= 0.3 is 35.8 Å². The Morgan fingerprint density at radius 3 is 0.795 bits per heavy atom. The molecule has 0 bridgehead atoms. The molecule has 122 heavy (non-hydrogen) atoms. The summed E-state index contributed by atoms with van der Waals surface area (Å²) >= 11 is 0. The van der Waals surface area contributed by atoms with Gasteiger partial charge in [-0.25, -0.2) is 0 Å². The highest BCUT2D eigenvalue weighted by molar-refractivity contribution is 5.97. The van der Waals surface area contributed by atoms with Crippen molar-refractivity contribution in [3.8, 4) is 0 Å². The zero-order chi connectivity index (χ0) is 91.0. The number of carbonyl (C=O) groups is 12. The number of hydrogen-bond acceptors (Lipinski definition) is 12. The summed E-state index contributed by atoms with van der Waals surface area (Å²) < 4.78 is 0. The molecule has 6 aromatic rings. The fourth-order valence-electron chi connectivity index (χ4n) is 13.2. The molecule has 6 rings (SSSR count). The third kappa shape index (κ3) is 50.3. The summed E-state index contributed by atoms with van der Waals surface area (Å²) in [7, 11) is 3.62. The summed E-state index contributed by atoms with van der Waals surface area (Å²) in [5, 5.41) is 51.2. The first-order chi connectivity index (χ1) is 58.3. The number of para-hydroxylation sites is 5. The molecule has 0 spiro atoms. The molecule has 24 nitrogen and oxygen atoms in total. The molecule has 0 saturated heterocycles. The maximum atomic E-state index is 12.4. The number of anilines is 6. The first-order valence-corrected chi connectivity index (χ1v) is 43.7. The SMILES string of the molecule is CC(C)N(C(=O)CCCCCCC(=O)O)c1ccccc1.CCN(C(=O)CCCCC(=O)O)c1ccccc1.CCN(C(=O)CCCCCC(=O)O)c1ccccc1C.CCN(C(=O)CCCCCCC(=O)O)c1ccccc1C.Cc1ccc(N(C)C(=O)CCCCCCCC(=O)O)cc1.Cc1ccccc1N(C)C(=O)CCCCCCCC(=O)O. The number of rotatable bonds is 51. The topological polar surface area (TPSA) is 346 Å². The number of hydrogen-bond donors (Lipinski definition) is 6. The monoisotopic (exact) mass is 1690 g/mol. The van der Waals surface area contributed by atoms with E-state index >= 15 is 0 Å². The van der Waals surface area contributed by atoms with E-state index in [-0.39, 0.29) is 80.0 Å². The first-order valence-electron chi connectivity index (χ1n) is 43.7. The van der Waals surface area contributed by atoms with Gasteiger partial charge in [-0.1, -0.05) is 179 Å². The Balaban J connectivity index is 0.000000733. The van der Waals surface area contributed by atoms with Crippen molar-refractivity contribution >= 4 is 105 Å². The molecule has 0 atom stereocenters. The number of unbranched alkanes of at least 4 members (excludes halogenated alkanes) is 17. The smallest absolute Gasteiger partial charge is 0.303 e. The van der Waals surface area contributed by atoms with E-state index in [2.05, 4.69) is 0 Å². The van der Waals surface area contributed by atoms with Gasteiger partial charge in [0.1, 0.15) is 0 Å². The third-order valence-electron chi connectivity index (χ3n) is 20.1. The average Bonchev–Trinajstić information content (AvgIpc) is 0.847. The highest BCUT2D eigenvalue weighted by Crippen LogP contribution is 2.26. The summed E-state index contributed by atoms with van der Waals surface area (Å²) in [5.74, 6) is -3.84. The van der Waals surface area contributed by atoms with Crippen LogP contribution in [0.2, 0.25) is 0 Å². The summed E-state index contributed by atoms with van der Waals surface area (Å²) in [6, 6.07) is 50.9. The lowest BCUT2D eigenvalue weighted by Gasteiger charge is -2.27. The van der Waals surface area contributed by atoms with Crippen LogP contribution in [0.1, 0.15) is 282 Å². The molecule has 0 aliphatic rings. The van der Waals surface area contributed by atoms with Gasteiger partial charge in [0.05, 0.1) is 0 Å². The van der Waals surface area contributed by atoms with Crippen LogP contribution < -0.4 is 29.4 Å². The molecule has 0 heterocycles. The molecule has 0 aromatic heterocycles. The fourth-order valence-corrected chi connectivity index (χ4v) is 13.2. The van der Waals surface area contributed by atoms with E-state index in [4.69, 9.17) is 30.6 Å². The molecule has 0 fully saturated rings. The number of carbonyl (C=O) groups excluding carboxylic acids is 6. The minimum atomic E-state index is -0.808. The molecule has 24 heteroatoms. The van der Waals surface area contributed by atoms with Gasteiger partial charge in [-0.3, -0.25) is 57.5 Å². The lowest BCUT2D eigenvalue weighted by Crippen LogP contribution is -2.36. The van der Waals surface area contributed by atoms with Crippen molar-refractivity contribution in [2.24, 2.45) is 0 Å². The normalized spacial score (nSPS) is 10.4. The van der Waals surface area contributed by atoms with Gasteiger partial charge < -0.3 is 60.0 Å². The summed E-state index contributed by atoms with van der Waals surface area (Å²) in [4.78, 5) is 146. The molecule has 6 aromatic carbocycles. The molecule has 0 aliphatic carbocycles. The van der Waals surface area contributed by atoms with E-state index in [0.29, 0.717) is 90.3 Å². The number of carboxylic acid groups (broad SMARTS) is 6. The lowest BCUT2D eigenvalue weighted by atomic mass is 10.1. The van der Waals surface area contributed by atoms with Gasteiger partial charge in [-0.05, 0) is 211 Å². The molecule has 0 saturated carbocycles. The highest BCUT2D eigenvalue weighted by atomic mass is 16.4. The van der Waals surface area contributed by atoms with Crippen LogP contribution in [0.15, 0.2) is 158 Å². The van der Waals surface area contributed by atoms with Crippen LogP contribution in [0.3, 0.4) is 0 Å². The van der Waals surface area contributed by atoms with Crippen molar-refractivity contribution in [1.29, 1.82) is 0 Å². The predicted octanol–water partition coefficient (Wildman–Crippen LogP) is 21.2. The molecule has 0 unspecified atom stereocenters. The molecular formula is C98H142N6O18. The molecular weight excluding hydrogens is 1550 g/mol. The van der Waals surface area contributed by atoms with Crippen molar-refractivity contribution < 1.29 is 88.2 Å².